The maximum Gasteiger partial charge on any atom is 0.243 e. The van der Waals surface area contributed by atoms with E-state index >= 15 is 0 Å². The molecule has 0 atom stereocenters. The van der Waals surface area contributed by atoms with E-state index in [1.165, 1.54) is 11.2 Å². The third-order valence-electron chi connectivity index (χ3n) is 4.62. The fourth-order valence-electron chi connectivity index (χ4n) is 3.20. The minimum Gasteiger partial charge on any atom is -0.496 e. The van der Waals surface area contributed by atoms with Crippen LogP contribution in [0.5, 0.6) is 5.75 Å². The smallest absolute Gasteiger partial charge is 0.243 e. The maximum atomic E-state index is 13.0. The van der Waals surface area contributed by atoms with Crippen molar-refractivity contribution in [2.24, 2.45) is 0 Å². The standard InChI is InChI=1S/C19H22N2O4S/c1-14(22)21-11-10-15-12-17(8-9-18(15)21)26(23,24)20(2)13-16-6-4-5-7-19(16)25-3/h4-9,12H,10-11,13H2,1-3H3. The molecule has 0 bridgehead atoms. The fraction of sp³-hybridized carbons (Fsp3) is 0.316. The first-order valence-electron chi connectivity index (χ1n) is 8.34. The fourth-order valence-corrected chi connectivity index (χ4v) is 4.40. The number of amides is 1. The van der Waals surface area contributed by atoms with Crippen molar-refractivity contribution in [1.82, 2.24) is 4.31 Å². The molecule has 0 aromatic heterocycles. The Hall–Kier alpha value is -2.38. The highest BCUT2D eigenvalue weighted by molar-refractivity contribution is 7.89. The summed E-state index contributed by atoms with van der Waals surface area (Å²) in [4.78, 5) is 13.6. The van der Waals surface area contributed by atoms with Gasteiger partial charge in [-0.2, -0.15) is 4.31 Å². The Morgan fingerprint density at radius 3 is 2.65 bits per heavy atom. The number of methoxy groups -OCH3 is 1. The average molecular weight is 374 g/mol. The first kappa shape index (κ1) is 18.4. The summed E-state index contributed by atoms with van der Waals surface area (Å²) in [5, 5.41) is 0. The number of nitrogens with zero attached hydrogens (tertiary/aromatic N) is 2. The number of hydrogen-bond acceptors (Lipinski definition) is 4. The minimum atomic E-state index is -3.65. The highest BCUT2D eigenvalue weighted by Crippen LogP contribution is 2.31. The zero-order valence-corrected chi connectivity index (χ0v) is 15.9. The summed E-state index contributed by atoms with van der Waals surface area (Å²) in [5.41, 5.74) is 2.47. The lowest BCUT2D eigenvalue weighted by atomic mass is 10.2. The van der Waals surface area contributed by atoms with Crippen LogP contribution in [0.1, 0.15) is 18.1 Å². The summed E-state index contributed by atoms with van der Waals surface area (Å²) in [7, 11) is -0.531. The summed E-state index contributed by atoms with van der Waals surface area (Å²) < 4.78 is 32.5. The van der Waals surface area contributed by atoms with Crippen LogP contribution in [-0.4, -0.2) is 39.3 Å². The lowest BCUT2D eigenvalue weighted by molar-refractivity contribution is -0.116. The molecule has 7 heteroatoms. The largest absolute Gasteiger partial charge is 0.496 e. The minimum absolute atomic E-state index is 0.0346. The van der Waals surface area contributed by atoms with E-state index < -0.39 is 10.0 Å². The molecule has 0 fully saturated rings. The first-order chi connectivity index (χ1) is 12.3. The Morgan fingerprint density at radius 2 is 1.96 bits per heavy atom. The van der Waals surface area contributed by atoms with Gasteiger partial charge >= 0.3 is 0 Å². The van der Waals surface area contributed by atoms with Gasteiger partial charge in [0, 0.05) is 38.3 Å². The van der Waals surface area contributed by atoms with Crippen LogP contribution < -0.4 is 9.64 Å². The van der Waals surface area contributed by atoms with Crippen LogP contribution in [0, 0.1) is 0 Å². The predicted molar refractivity (Wildman–Crippen MR) is 99.8 cm³/mol. The van der Waals surface area contributed by atoms with Gasteiger partial charge in [-0.3, -0.25) is 4.79 Å². The molecule has 1 amide bonds. The number of hydrogen-bond donors (Lipinski definition) is 0. The predicted octanol–water partition coefficient (Wildman–Crippen LogP) is 2.42. The molecule has 0 unspecified atom stereocenters. The molecule has 3 rings (SSSR count). The number of fused-ring (bicyclic) bond motifs is 1. The van der Waals surface area contributed by atoms with Gasteiger partial charge in [0.25, 0.3) is 0 Å². The lowest BCUT2D eigenvalue weighted by Gasteiger charge is -2.20. The molecular formula is C19H22N2O4S. The van der Waals surface area contributed by atoms with Crippen LogP contribution in [0.25, 0.3) is 0 Å². The van der Waals surface area contributed by atoms with Crippen LogP contribution in [0.15, 0.2) is 47.4 Å². The molecule has 0 saturated heterocycles. The number of ether oxygens (including phenoxy) is 1. The summed E-state index contributed by atoms with van der Waals surface area (Å²) in [6.07, 6.45) is 0.661. The molecule has 0 aliphatic carbocycles. The maximum absolute atomic E-state index is 13.0. The molecular weight excluding hydrogens is 352 g/mol. The van der Waals surface area contributed by atoms with Crippen molar-refractivity contribution in [1.29, 1.82) is 0 Å². The summed E-state index contributed by atoms with van der Waals surface area (Å²) in [5.74, 6) is 0.619. The van der Waals surface area contributed by atoms with Gasteiger partial charge in [0.2, 0.25) is 15.9 Å². The van der Waals surface area contributed by atoms with Gasteiger partial charge in [0.1, 0.15) is 5.75 Å². The van der Waals surface area contributed by atoms with Crippen molar-refractivity contribution in [3.05, 3.63) is 53.6 Å². The van der Waals surface area contributed by atoms with Gasteiger partial charge in [0.15, 0.2) is 0 Å². The molecule has 2 aromatic carbocycles. The number of carbonyl (C=O) groups is 1. The van der Waals surface area contributed by atoms with Crippen molar-refractivity contribution in [3.8, 4) is 5.75 Å². The SMILES string of the molecule is COc1ccccc1CN(C)S(=O)(=O)c1ccc2c(c1)CCN2C(C)=O. The molecule has 138 valence electrons. The van der Waals surface area contributed by atoms with E-state index in [-0.39, 0.29) is 17.3 Å². The summed E-state index contributed by atoms with van der Waals surface area (Å²) in [6.45, 7) is 2.31. The number of sulfonamides is 1. The van der Waals surface area contributed by atoms with Crippen molar-refractivity contribution in [2.45, 2.75) is 24.8 Å². The monoisotopic (exact) mass is 374 g/mol. The topological polar surface area (TPSA) is 66.9 Å². The van der Waals surface area contributed by atoms with Crippen LogP contribution in [0.3, 0.4) is 0 Å². The molecule has 1 aliphatic heterocycles. The molecule has 6 nitrogen and oxygen atoms in total. The second-order valence-electron chi connectivity index (χ2n) is 6.28. The van der Waals surface area contributed by atoms with Crippen molar-refractivity contribution in [2.75, 3.05) is 25.6 Å². The van der Waals surface area contributed by atoms with Gasteiger partial charge in [-0.25, -0.2) is 8.42 Å². The summed E-state index contributed by atoms with van der Waals surface area (Å²) in [6, 6.07) is 12.3. The molecule has 1 aliphatic rings. The van der Waals surface area contributed by atoms with Gasteiger partial charge in [0.05, 0.1) is 12.0 Å². The zero-order valence-electron chi connectivity index (χ0n) is 15.1. The molecule has 26 heavy (non-hydrogen) atoms. The van der Waals surface area contributed by atoms with E-state index in [9.17, 15) is 13.2 Å². The van der Waals surface area contributed by atoms with E-state index in [1.54, 1.807) is 37.3 Å². The van der Waals surface area contributed by atoms with E-state index in [2.05, 4.69) is 0 Å². The first-order valence-corrected chi connectivity index (χ1v) is 9.78. The zero-order chi connectivity index (χ0) is 18.9. The number of para-hydroxylation sites is 1. The van der Waals surface area contributed by atoms with Crippen molar-refractivity contribution in [3.63, 3.8) is 0 Å². The van der Waals surface area contributed by atoms with Gasteiger partial charge < -0.3 is 9.64 Å². The molecule has 0 N–H and O–H groups in total. The van der Waals surface area contributed by atoms with Gasteiger partial charge in [-0.15, -0.1) is 0 Å². The molecule has 0 spiro atoms. The second-order valence-corrected chi connectivity index (χ2v) is 8.33. The van der Waals surface area contributed by atoms with E-state index in [4.69, 9.17) is 4.74 Å². The molecule has 1 heterocycles. The second kappa shape index (κ2) is 7.09. The van der Waals surface area contributed by atoms with E-state index in [0.29, 0.717) is 18.7 Å². The average Bonchev–Trinajstić information content (AvgIpc) is 3.05. The van der Waals surface area contributed by atoms with Gasteiger partial charge in [-0.1, -0.05) is 18.2 Å². The third kappa shape index (κ3) is 3.32. The lowest BCUT2D eigenvalue weighted by Crippen LogP contribution is -2.27. The van der Waals surface area contributed by atoms with Crippen LogP contribution >= 0.6 is 0 Å². The molecule has 0 radical (unpaired) electrons. The quantitative estimate of drug-likeness (QED) is 0.806. The highest BCUT2D eigenvalue weighted by Gasteiger charge is 2.27. The number of carbonyl (C=O) groups excluding carboxylic acids is 1. The van der Waals surface area contributed by atoms with Crippen LogP contribution in [-0.2, 0) is 27.8 Å². The van der Waals surface area contributed by atoms with E-state index in [0.717, 1.165) is 16.8 Å². The molecule has 2 aromatic rings. The molecule has 0 saturated carbocycles. The normalized spacial score (nSPS) is 13.8. The summed E-state index contributed by atoms with van der Waals surface area (Å²) >= 11 is 0. The number of rotatable bonds is 5. The van der Waals surface area contributed by atoms with Crippen LogP contribution in [0.2, 0.25) is 0 Å². The highest BCUT2D eigenvalue weighted by atomic mass is 32.2. The van der Waals surface area contributed by atoms with E-state index in [1.807, 2.05) is 24.3 Å². The van der Waals surface area contributed by atoms with Crippen molar-refractivity contribution < 1.29 is 17.9 Å². The Morgan fingerprint density at radius 1 is 1.23 bits per heavy atom. The Balaban J connectivity index is 1.87. The third-order valence-corrected chi connectivity index (χ3v) is 6.42. The van der Waals surface area contributed by atoms with Gasteiger partial charge in [-0.05, 0) is 36.2 Å². The Labute approximate surface area is 154 Å². The van der Waals surface area contributed by atoms with Crippen LogP contribution in [0.4, 0.5) is 5.69 Å². The van der Waals surface area contributed by atoms with Crippen molar-refractivity contribution >= 4 is 21.6 Å². The Kier molecular flexibility index (Phi) is 5.02. The Bertz CT molecular complexity index is 940. The number of anilines is 1. The number of benzene rings is 2.